The van der Waals surface area contributed by atoms with Crippen LogP contribution in [-0.4, -0.2) is 17.6 Å². The summed E-state index contributed by atoms with van der Waals surface area (Å²) >= 11 is 0. The average Bonchev–Trinajstić information content (AvgIpc) is 2.46. The van der Waals surface area contributed by atoms with E-state index in [0.29, 0.717) is 23.1 Å². The molecule has 2 heterocycles. The predicted octanol–water partition coefficient (Wildman–Crippen LogP) is 2.96. The van der Waals surface area contributed by atoms with Gasteiger partial charge in [-0.05, 0) is 39.8 Å². The van der Waals surface area contributed by atoms with Gasteiger partial charge in [-0.2, -0.15) is 0 Å². The lowest BCUT2D eigenvalue weighted by Crippen LogP contribution is -2.55. The first kappa shape index (κ1) is 16.3. The van der Waals surface area contributed by atoms with E-state index >= 15 is 0 Å². The minimum atomic E-state index is -0.583. The lowest BCUT2D eigenvalue weighted by molar-refractivity contribution is -0.118. The van der Waals surface area contributed by atoms with Crippen molar-refractivity contribution in [1.29, 1.82) is 0 Å². The van der Waals surface area contributed by atoms with E-state index in [-0.39, 0.29) is 17.4 Å². The van der Waals surface area contributed by atoms with E-state index in [4.69, 9.17) is 9.15 Å². The van der Waals surface area contributed by atoms with E-state index < -0.39 is 5.60 Å². The van der Waals surface area contributed by atoms with Gasteiger partial charge in [0.15, 0.2) is 5.43 Å². The highest BCUT2D eigenvalue weighted by Crippen LogP contribution is 2.35. The predicted molar refractivity (Wildman–Crippen MR) is 92.3 cm³/mol. The van der Waals surface area contributed by atoms with Crippen molar-refractivity contribution in [1.82, 2.24) is 5.32 Å². The fourth-order valence-corrected chi connectivity index (χ4v) is 2.93. The number of rotatable bonds is 2. The standard InChI is InChI=1S/C19H21NO4/c1-11(2)7-18(22)20-17-9-12-8-16-13(14(21)5-6-23-16)10-15(12)24-19(17,3)4/h5-8,10,17H,9H2,1-4H3,(H,20,22). The molecule has 1 aromatic heterocycles. The maximum Gasteiger partial charge on any atom is 0.244 e. The van der Waals surface area contributed by atoms with Gasteiger partial charge in [0.05, 0.1) is 17.7 Å². The van der Waals surface area contributed by atoms with Gasteiger partial charge in [-0.15, -0.1) is 0 Å². The molecule has 3 rings (SSSR count). The average molecular weight is 327 g/mol. The van der Waals surface area contributed by atoms with Gasteiger partial charge >= 0.3 is 0 Å². The van der Waals surface area contributed by atoms with Crippen LogP contribution in [-0.2, 0) is 11.2 Å². The molecular formula is C19H21NO4. The summed E-state index contributed by atoms with van der Waals surface area (Å²) in [6.45, 7) is 7.62. The van der Waals surface area contributed by atoms with Crippen LogP contribution in [0.3, 0.4) is 0 Å². The van der Waals surface area contributed by atoms with Crippen molar-refractivity contribution in [2.45, 2.75) is 45.8 Å². The third kappa shape index (κ3) is 3.07. The summed E-state index contributed by atoms with van der Waals surface area (Å²) in [6.07, 6.45) is 3.57. The van der Waals surface area contributed by atoms with Crippen LogP contribution in [0.15, 0.2) is 45.3 Å². The van der Waals surface area contributed by atoms with Crippen molar-refractivity contribution in [3.8, 4) is 5.75 Å². The van der Waals surface area contributed by atoms with Crippen molar-refractivity contribution >= 4 is 16.9 Å². The number of amides is 1. The molecule has 2 aromatic rings. The van der Waals surface area contributed by atoms with Crippen molar-refractivity contribution in [3.05, 3.63) is 51.9 Å². The van der Waals surface area contributed by atoms with Gasteiger partial charge < -0.3 is 14.5 Å². The van der Waals surface area contributed by atoms with Gasteiger partial charge in [0.25, 0.3) is 0 Å². The molecule has 1 amide bonds. The number of allylic oxidation sites excluding steroid dienone is 1. The summed E-state index contributed by atoms with van der Waals surface area (Å²) in [5, 5.41) is 3.51. The minimum absolute atomic E-state index is 0.0977. The van der Waals surface area contributed by atoms with Crippen molar-refractivity contribution in [3.63, 3.8) is 0 Å². The maximum absolute atomic E-state index is 12.1. The third-order valence-corrected chi connectivity index (χ3v) is 4.22. The van der Waals surface area contributed by atoms with Crippen LogP contribution >= 0.6 is 0 Å². The van der Waals surface area contributed by atoms with Crippen LogP contribution in [0.25, 0.3) is 11.0 Å². The van der Waals surface area contributed by atoms with E-state index in [2.05, 4.69) is 5.32 Å². The SMILES string of the molecule is CC(C)=CC(=O)NC1Cc2cc3occc(=O)c3cc2OC1(C)C. The molecule has 126 valence electrons. The summed E-state index contributed by atoms with van der Waals surface area (Å²) in [6, 6.07) is 4.76. The molecule has 24 heavy (non-hydrogen) atoms. The molecule has 5 nitrogen and oxygen atoms in total. The lowest BCUT2D eigenvalue weighted by atomic mass is 9.88. The van der Waals surface area contributed by atoms with Gasteiger partial charge in [0, 0.05) is 24.1 Å². The Hall–Kier alpha value is -2.56. The van der Waals surface area contributed by atoms with Gasteiger partial charge in [0.1, 0.15) is 16.9 Å². The number of hydrogen-bond acceptors (Lipinski definition) is 4. The van der Waals surface area contributed by atoms with Crippen LogP contribution in [0.1, 0.15) is 33.3 Å². The molecule has 1 aliphatic heterocycles. The molecule has 0 saturated carbocycles. The molecule has 0 spiro atoms. The van der Waals surface area contributed by atoms with Crippen LogP contribution in [0.4, 0.5) is 0 Å². The first-order chi connectivity index (χ1) is 11.3. The topological polar surface area (TPSA) is 68.5 Å². The van der Waals surface area contributed by atoms with Crippen LogP contribution in [0, 0.1) is 0 Å². The fraction of sp³-hybridized carbons (Fsp3) is 0.368. The summed E-state index contributed by atoms with van der Waals surface area (Å²) in [7, 11) is 0. The molecule has 0 bridgehead atoms. The highest BCUT2D eigenvalue weighted by molar-refractivity contribution is 5.88. The molecule has 1 aromatic carbocycles. The van der Waals surface area contributed by atoms with Crippen molar-refractivity contribution in [2.24, 2.45) is 0 Å². The fourth-order valence-electron chi connectivity index (χ4n) is 2.93. The molecule has 0 aliphatic carbocycles. The highest BCUT2D eigenvalue weighted by Gasteiger charge is 2.38. The number of nitrogens with one attached hydrogen (secondary N) is 1. The Bertz CT molecular complexity index is 888. The molecule has 5 heteroatoms. The highest BCUT2D eigenvalue weighted by atomic mass is 16.5. The van der Waals surface area contributed by atoms with Gasteiger partial charge in [-0.1, -0.05) is 5.57 Å². The van der Waals surface area contributed by atoms with E-state index in [0.717, 1.165) is 11.1 Å². The third-order valence-electron chi connectivity index (χ3n) is 4.22. The molecule has 0 radical (unpaired) electrons. The lowest BCUT2D eigenvalue weighted by Gasteiger charge is -2.40. The Morgan fingerprint density at radius 3 is 2.79 bits per heavy atom. The summed E-state index contributed by atoms with van der Waals surface area (Å²) in [5.41, 5.74) is 1.70. The number of ether oxygens (including phenoxy) is 1. The Morgan fingerprint density at radius 2 is 2.08 bits per heavy atom. The van der Waals surface area contributed by atoms with Gasteiger partial charge in [-0.3, -0.25) is 9.59 Å². The molecule has 1 atom stereocenters. The zero-order valence-corrected chi connectivity index (χ0v) is 14.3. The minimum Gasteiger partial charge on any atom is -0.485 e. The zero-order valence-electron chi connectivity index (χ0n) is 14.3. The van der Waals surface area contributed by atoms with Crippen LogP contribution in [0.5, 0.6) is 5.75 Å². The summed E-state index contributed by atoms with van der Waals surface area (Å²) in [5.74, 6) is 0.533. The number of benzene rings is 1. The van der Waals surface area contributed by atoms with Crippen molar-refractivity contribution < 1.29 is 13.9 Å². The summed E-state index contributed by atoms with van der Waals surface area (Å²) < 4.78 is 11.5. The second kappa shape index (κ2) is 5.82. The number of fused-ring (bicyclic) bond motifs is 2. The Kier molecular flexibility index (Phi) is 3.95. The maximum atomic E-state index is 12.1. The second-order valence-electron chi connectivity index (χ2n) is 6.93. The second-order valence-corrected chi connectivity index (χ2v) is 6.93. The number of carbonyl (C=O) groups excluding carboxylic acids is 1. The molecule has 0 saturated heterocycles. The van der Waals surface area contributed by atoms with Gasteiger partial charge in [-0.25, -0.2) is 0 Å². The normalized spacial score (nSPS) is 18.4. The molecule has 0 fully saturated rings. The number of carbonyl (C=O) groups is 1. The Balaban J connectivity index is 1.98. The van der Waals surface area contributed by atoms with E-state index in [1.165, 1.54) is 12.3 Å². The van der Waals surface area contributed by atoms with E-state index in [1.54, 1.807) is 12.1 Å². The van der Waals surface area contributed by atoms with Crippen LogP contribution < -0.4 is 15.5 Å². The monoisotopic (exact) mass is 327 g/mol. The first-order valence-electron chi connectivity index (χ1n) is 7.95. The summed E-state index contributed by atoms with van der Waals surface area (Å²) in [4.78, 5) is 24.0. The van der Waals surface area contributed by atoms with Crippen molar-refractivity contribution in [2.75, 3.05) is 0 Å². The molecule has 1 aliphatic rings. The Morgan fingerprint density at radius 1 is 1.33 bits per heavy atom. The molecule has 1 N–H and O–H groups in total. The quantitative estimate of drug-likeness (QED) is 0.861. The molecular weight excluding hydrogens is 306 g/mol. The largest absolute Gasteiger partial charge is 0.485 e. The smallest absolute Gasteiger partial charge is 0.244 e. The van der Waals surface area contributed by atoms with E-state index in [9.17, 15) is 9.59 Å². The van der Waals surface area contributed by atoms with E-state index in [1.807, 2.05) is 33.8 Å². The number of hydrogen-bond donors (Lipinski definition) is 1. The molecule has 1 unspecified atom stereocenters. The first-order valence-corrected chi connectivity index (χ1v) is 7.95. The van der Waals surface area contributed by atoms with Gasteiger partial charge in [0.2, 0.25) is 5.91 Å². The Labute approximate surface area is 140 Å². The zero-order chi connectivity index (χ0) is 17.5. The van der Waals surface area contributed by atoms with Crippen LogP contribution in [0.2, 0.25) is 0 Å².